The lowest BCUT2D eigenvalue weighted by atomic mass is 10.2. The van der Waals surface area contributed by atoms with Crippen LogP contribution in [0.1, 0.15) is 16.2 Å². The van der Waals surface area contributed by atoms with E-state index in [4.69, 9.17) is 10.3 Å². The van der Waals surface area contributed by atoms with Crippen LogP contribution in [0.25, 0.3) is 0 Å². The minimum atomic E-state index is -0.200. The van der Waals surface area contributed by atoms with E-state index in [0.29, 0.717) is 34.6 Å². The van der Waals surface area contributed by atoms with Crippen molar-refractivity contribution in [2.45, 2.75) is 6.42 Å². The van der Waals surface area contributed by atoms with Gasteiger partial charge in [-0.25, -0.2) is 0 Å². The van der Waals surface area contributed by atoms with Crippen molar-refractivity contribution in [3.63, 3.8) is 0 Å². The SMILES string of the molecule is Nc1cccc(C(=O)NCCc2ncno2)c1Br. The molecule has 0 fully saturated rings. The van der Waals surface area contributed by atoms with Gasteiger partial charge in [0.05, 0.1) is 10.0 Å². The van der Waals surface area contributed by atoms with E-state index in [9.17, 15) is 4.79 Å². The third-order valence-electron chi connectivity index (χ3n) is 2.30. The van der Waals surface area contributed by atoms with E-state index in [2.05, 4.69) is 31.4 Å². The Morgan fingerprint density at radius 1 is 1.50 bits per heavy atom. The number of nitrogens with two attached hydrogens (primary N) is 1. The van der Waals surface area contributed by atoms with E-state index in [1.54, 1.807) is 18.2 Å². The fraction of sp³-hybridized carbons (Fsp3) is 0.182. The molecule has 0 aliphatic carbocycles. The second-order valence-electron chi connectivity index (χ2n) is 3.55. The van der Waals surface area contributed by atoms with E-state index in [0.717, 1.165) is 0 Å². The molecule has 3 N–H and O–H groups in total. The number of hydrogen-bond acceptors (Lipinski definition) is 5. The Morgan fingerprint density at radius 2 is 2.33 bits per heavy atom. The molecule has 0 unspecified atom stereocenters. The lowest BCUT2D eigenvalue weighted by Crippen LogP contribution is -2.26. The number of rotatable bonds is 4. The average molecular weight is 311 g/mol. The van der Waals surface area contributed by atoms with E-state index >= 15 is 0 Å². The van der Waals surface area contributed by atoms with E-state index < -0.39 is 0 Å². The van der Waals surface area contributed by atoms with Gasteiger partial charge in [-0.2, -0.15) is 4.98 Å². The van der Waals surface area contributed by atoms with E-state index in [1.165, 1.54) is 6.33 Å². The molecule has 94 valence electrons. The monoisotopic (exact) mass is 310 g/mol. The van der Waals surface area contributed by atoms with Crippen molar-refractivity contribution in [1.82, 2.24) is 15.5 Å². The molecule has 1 aromatic carbocycles. The number of carbonyl (C=O) groups excluding carboxylic acids is 1. The number of amides is 1. The predicted molar refractivity (Wildman–Crippen MR) is 68.9 cm³/mol. The summed E-state index contributed by atoms with van der Waals surface area (Å²) in [5.74, 6) is 0.288. The van der Waals surface area contributed by atoms with Crippen LogP contribution in [-0.2, 0) is 6.42 Å². The average Bonchev–Trinajstić information content (AvgIpc) is 2.85. The van der Waals surface area contributed by atoms with Crippen LogP contribution in [0.5, 0.6) is 0 Å². The van der Waals surface area contributed by atoms with Gasteiger partial charge in [0.25, 0.3) is 5.91 Å². The van der Waals surface area contributed by atoms with Crippen molar-refractivity contribution in [2.75, 3.05) is 12.3 Å². The highest BCUT2D eigenvalue weighted by atomic mass is 79.9. The summed E-state index contributed by atoms with van der Waals surface area (Å²) in [5.41, 5.74) is 6.73. The molecule has 2 aromatic rings. The van der Waals surface area contributed by atoms with Gasteiger partial charge < -0.3 is 15.6 Å². The zero-order valence-electron chi connectivity index (χ0n) is 9.39. The third-order valence-corrected chi connectivity index (χ3v) is 3.19. The maximum atomic E-state index is 11.9. The predicted octanol–water partition coefficient (Wildman–Crippen LogP) is 1.39. The summed E-state index contributed by atoms with van der Waals surface area (Å²) < 4.78 is 5.42. The highest BCUT2D eigenvalue weighted by Crippen LogP contribution is 2.23. The summed E-state index contributed by atoms with van der Waals surface area (Å²) >= 11 is 3.28. The molecule has 0 spiro atoms. The molecule has 0 aliphatic heterocycles. The van der Waals surface area contributed by atoms with Gasteiger partial charge in [0.15, 0.2) is 6.33 Å². The second-order valence-corrected chi connectivity index (χ2v) is 4.34. The van der Waals surface area contributed by atoms with Crippen LogP contribution in [0, 0.1) is 0 Å². The van der Waals surface area contributed by atoms with Gasteiger partial charge in [0.1, 0.15) is 0 Å². The van der Waals surface area contributed by atoms with Gasteiger partial charge in [-0.3, -0.25) is 4.79 Å². The molecule has 0 radical (unpaired) electrons. The minimum absolute atomic E-state index is 0.200. The molecule has 7 heteroatoms. The van der Waals surface area contributed by atoms with Crippen molar-refractivity contribution in [2.24, 2.45) is 0 Å². The molecule has 6 nitrogen and oxygen atoms in total. The number of benzene rings is 1. The standard InChI is InChI=1S/C11H11BrN4O2/c12-10-7(2-1-3-8(10)13)11(17)14-5-4-9-15-6-16-18-9/h1-3,6H,4-5,13H2,(H,14,17). The van der Waals surface area contributed by atoms with Crippen LogP contribution in [0.15, 0.2) is 33.5 Å². The van der Waals surface area contributed by atoms with Crippen molar-refractivity contribution < 1.29 is 9.32 Å². The molecule has 0 saturated heterocycles. The summed E-state index contributed by atoms with van der Waals surface area (Å²) in [5, 5.41) is 6.23. The Morgan fingerprint density at radius 3 is 3.06 bits per heavy atom. The molecule has 1 aromatic heterocycles. The van der Waals surface area contributed by atoms with Crippen LogP contribution >= 0.6 is 15.9 Å². The maximum Gasteiger partial charge on any atom is 0.252 e. The van der Waals surface area contributed by atoms with Crippen LogP contribution in [0.4, 0.5) is 5.69 Å². The third kappa shape index (κ3) is 2.86. The maximum absolute atomic E-state index is 11.9. The molecular formula is C11H11BrN4O2. The van der Waals surface area contributed by atoms with Gasteiger partial charge in [0, 0.05) is 18.7 Å². The molecule has 2 rings (SSSR count). The second kappa shape index (κ2) is 5.63. The number of halogens is 1. The number of nitrogens with zero attached hydrogens (tertiary/aromatic N) is 2. The molecule has 0 saturated carbocycles. The Labute approximate surface area is 112 Å². The lowest BCUT2D eigenvalue weighted by molar-refractivity contribution is 0.0952. The Balaban J connectivity index is 1.93. The lowest BCUT2D eigenvalue weighted by Gasteiger charge is -2.07. The molecular weight excluding hydrogens is 300 g/mol. The molecule has 18 heavy (non-hydrogen) atoms. The van der Waals surface area contributed by atoms with Crippen LogP contribution in [-0.4, -0.2) is 22.6 Å². The first-order valence-corrected chi connectivity index (χ1v) is 6.05. The minimum Gasteiger partial charge on any atom is -0.398 e. The van der Waals surface area contributed by atoms with Crippen LogP contribution < -0.4 is 11.1 Å². The number of carbonyl (C=O) groups is 1. The Hall–Kier alpha value is -1.89. The number of nitrogen functional groups attached to an aromatic ring is 1. The first kappa shape index (κ1) is 12.6. The van der Waals surface area contributed by atoms with Gasteiger partial charge in [-0.15, -0.1) is 0 Å². The van der Waals surface area contributed by atoms with Crippen LogP contribution in [0.3, 0.4) is 0 Å². The number of anilines is 1. The highest BCUT2D eigenvalue weighted by Gasteiger charge is 2.11. The number of hydrogen-bond donors (Lipinski definition) is 2. The Kier molecular flexibility index (Phi) is 3.93. The zero-order chi connectivity index (χ0) is 13.0. The van der Waals surface area contributed by atoms with E-state index in [-0.39, 0.29) is 5.91 Å². The van der Waals surface area contributed by atoms with Crippen LogP contribution in [0.2, 0.25) is 0 Å². The molecule has 0 bridgehead atoms. The van der Waals surface area contributed by atoms with E-state index in [1.807, 2.05) is 0 Å². The molecule has 0 atom stereocenters. The topological polar surface area (TPSA) is 94.0 Å². The number of aromatic nitrogens is 2. The summed E-state index contributed by atoms with van der Waals surface area (Å²) in [6.07, 6.45) is 1.82. The summed E-state index contributed by atoms with van der Waals surface area (Å²) in [6, 6.07) is 5.15. The molecule has 0 aliphatic rings. The zero-order valence-corrected chi connectivity index (χ0v) is 11.0. The molecule has 1 amide bonds. The molecule has 1 heterocycles. The summed E-state index contributed by atoms with van der Waals surface area (Å²) in [7, 11) is 0. The number of nitrogens with one attached hydrogen (secondary N) is 1. The van der Waals surface area contributed by atoms with Crippen molar-refractivity contribution in [1.29, 1.82) is 0 Å². The summed E-state index contributed by atoms with van der Waals surface area (Å²) in [4.78, 5) is 15.7. The van der Waals surface area contributed by atoms with Crippen molar-refractivity contribution >= 4 is 27.5 Å². The largest absolute Gasteiger partial charge is 0.398 e. The Bertz CT molecular complexity index is 542. The van der Waals surface area contributed by atoms with Crippen molar-refractivity contribution in [3.8, 4) is 0 Å². The van der Waals surface area contributed by atoms with Gasteiger partial charge in [0.2, 0.25) is 5.89 Å². The fourth-order valence-corrected chi connectivity index (χ4v) is 1.85. The smallest absolute Gasteiger partial charge is 0.252 e. The summed E-state index contributed by atoms with van der Waals surface area (Å²) in [6.45, 7) is 0.419. The highest BCUT2D eigenvalue weighted by molar-refractivity contribution is 9.10. The van der Waals surface area contributed by atoms with Gasteiger partial charge in [-0.1, -0.05) is 11.2 Å². The van der Waals surface area contributed by atoms with Gasteiger partial charge in [-0.05, 0) is 28.1 Å². The normalized spacial score (nSPS) is 10.3. The first-order valence-electron chi connectivity index (χ1n) is 5.26. The van der Waals surface area contributed by atoms with Crippen molar-refractivity contribution in [3.05, 3.63) is 40.5 Å². The quantitative estimate of drug-likeness (QED) is 0.832. The first-order chi connectivity index (χ1) is 8.68. The van der Waals surface area contributed by atoms with Gasteiger partial charge >= 0.3 is 0 Å². The fourth-order valence-electron chi connectivity index (χ4n) is 1.41.